The van der Waals surface area contributed by atoms with Crippen molar-refractivity contribution in [2.45, 2.75) is 71.4 Å². The lowest BCUT2D eigenvalue weighted by molar-refractivity contribution is 0.0422. The smallest absolute Gasteiger partial charge is 0.407 e. The van der Waals surface area contributed by atoms with E-state index in [1.807, 2.05) is 38.1 Å². The third-order valence-corrected chi connectivity index (χ3v) is 4.50. The van der Waals surface area contributed by atoms with Crippen LogP contribution in [0.1, 0.15) is 45.7 Å². The zero-order valence-electron chi connectivity index (χ0n) is 19.8. The second-order valence-electron chi connectivity index (χ2n) is 9.25. The maximum Gasteiger partial charge on any atom is 0.407 e. The van der Waals surface area contributed by atoms with Gasteiger partial charge in [-0.2, -0.15) is 0 Å². The number of hydrogen-bond acceptors (Lipinski definition) is 5. The molecule has 33 heavy (non-hydrogen) atoms. The van der Waals surface area contributed by atoms with E-state index in [2.05, 4.69) is 10.6 Å². The van der Waals surface area contributed by atoms with Crippen LogP contribution in [0.2, 0.25) is 0 Å². The van der Waals surface area contributed by atoms with Gasteiger partial charge in [-0.3, -0.25) is 0 Å². The Hall–Kier alpha value is -2.71. The molecule has 3 N–H and O–H groups in total. The van der Waals surface area contributed by atoms with E-state index in [-0.39, 0.29) is 19.1 Å². The molecule has 0 radical (unpaired) electrons. The highest BCUT2D eigenvalue weighted by molar-refractivity contribution is 5.68. The lowest BCUT2D eigenvalue weighted by Gasteiger charge is -2.27. The first-order valence-electron chi connectivity index (χ1n) is 11.0. The van der Waals surface area contributed by atoms with Crippen LogP contribution < -0.4 is 15.4 Å². The van der Waals surface area contributed by atoms with Crippen molar-refractivity contribution >= 4 is 6.09 Å². The van der Waals surface area contributed by atoms with Gasteiger partial charge in [-0.05, 0) is 76.4 Å². The Kier molecular flexibility index (Phi) is 9.61. The minimum absolute atomic E-state index is 0.0223. The highest BCUT2D eigenvalue weighted by atomic mass is 19.1. The molecule has 2 rings (SSSR count). The van der Waals surface area contributed by atoms with Crippen LogP contribution in [-0.2, 0) is 17.7 Å². The fraction of sp³-hybridized carbons (Fsp3) is 0.480. The largest absolute Gasteiger partial charge is 0.491 e. The first kappa shape index (κ1) is 26.5. The minimum Gasteiger partial charge on any atom is -0.491 e. The molecule has 2 atom stereocenters. The van der Waals surface area contributed by atoms with Crippen LogP contribution in [0.25, 0.3) is 0 Å². The van der Waals surface area contributed by atoms with Crippen molar-refractivity contribution in [2.75, 3.05) is 6.54 Å². The van der Waals surface area contributed by atoms with E-state index in [0.717, 1.165) is 17.4 Å². The molecular weight excluding hydrogens is 430 g/mol. The minimum atomic E-state index is -1.04. The van der Waals surface area contributed by atoms with Gasteiger partial charge in [0.2, 0.25) is 0 Å². The molecule has 182 valence electrons. The Morgan fingerprint density at radius 2 is 1.73 bits per heavy atom. The van der Waals surface area contributed by atoms with Crippen molar-refractivity contribution in [3.05, 3.63) is 65.2 Å². The Morgan fingerprint density at radius 1 is 1.06 bits per heavy atom. The number of carbonyl (C=O) groups is 1. The lowest BCUT2D eigenvalue weighted by atomic mass is 10.0. The van der Waals surface area contributed by atoms with Crippen LogP contribution in [0.15, 0.2) is 42.5 Å². The van der Waals surface area contributed by atoms with E-state index >= 15 is 0 Å². The maximum atomic E-state index is 13.6. The standard InChI is InChI=1S/C25H34F2N2O4/c1-16(2)32-21-8-6-7-17(11-21)14-28-15-23(30)22(29-24(31)33-25(3,4)5)12-18-9-19(26)13-20(27)10-18/h6-11,13,16,22-23,28,30H,12,14-15H2,1-5H3,(H,29,31)/t22-,23+/m0/s1. The first-order chi connectivity index (χ1) is 15.4. The van der Waals surface area contributed by atoms with Gasteiger partial charge in [0.15, 0.2) is 0 Å². The third-order valence-electron chi connectivity index (χ3n) is 4.50. The lowest BCUT2D eigenvalue weighted by Crippen LogP contribution is -2.49. The van der Waals surface area contributed by atoms with Crippen molar-refractivity contribution in [3.63, 3.8) is 0 Å². The highest BCUT2D eigenvalue weighted by Gasteiger charge is 2.25. The number of carbonyl (C=O) groups excluding carboxylic acids is 1. The predicted octanol–water partition coefficient (Wildman–Crippen LogP) is 4.34. The number of benzene rings is 2. The van der Waals surface area contributed by atoms with Gasteiger partial charge in [0, 0.05) is 19.2 Å². The summed E-state index contributed by atoms with van der Waals surface area (Å²) in [6.07, 6.45) is -1.68. The zero-order chi connectivity index (χ0) is 24.6. The molecule has 0 saturated heterocycles. The van der Waals surface area contributed by atoms with Crippen molar-refractivity contribution in [1.29, 1.82) is 0 Å². The van der Waals surface area contributed by atoms with Crippen molar-refractivity contribution in [1.82, 2.24) is 10.6 Å². The van der Waals surface area contributed by atoms with Gasteiger partial charge in [-0.15, -0.1) is 0 Å². The van der Waals surface area contributed by atoms with Crippen LogP contribution in [0.4, 0.5) is 13.6 Å². The van der Waals surface area contributed by atoms with E-state index in [1.54, 1.807) is 20.8 Å². The summed E-state index contributed by atoms with van der Waals surface area (Å²) in [5, 5.41) is 16.5. The molecule has 2 aromatic rings. The van der Waals surface area contributed by atoms with Crippen LogP contribution in [-0.4, -0.2) is 41.6 Å². The molecule has 6 nitrogen and oxygen atoms in total. The van der Waals surface area contributed by atoms with Gasteiger partial charge in [0.1, 0.15) is 23.0 Å². The topological polar surface area (TPSA) is 79.8 Å². The summed E-state index contributed by atoms with van der Waals surface area (Å²) in [7, 11) is 0. The van der Waals surface area contributed by atoms with Crippen molar-refractivity contribution in [2.24, 2.45) is 0 Å². The van der Waals surface area contributed by atoms with Gasteiger partial charge in [0.25, 0.3) is 0 Å². The molecule has 0 unspecified atom stereocenters. The number of amides is 1. The number of hydrogen-bond donors (Lipinski definition) is 3. The Morgan fingerprint density at radius 3 is 2.33 bits per heavy atom. The summed E-state index contributed by atoms with van der Waals surface area (Å²) >= 11 is 0. The summed E-state index contributed by atoms with van der Waals surface area (Å²) in [5.74, 6) is -0.697. The normalized spacial score (nSPS) is 13.5. The first-order valence-corrected chi connectivity index (χ1v) is 11.0. The molecule has 0 saturated carbocycles. The van der Waals surface area contributed by atoms with E-state index in [0.29, 0.717) is 12.1 Å². The number of aliphatic hydroxyl groups excluding tert-OH is 1. The van der Waals surface area contributed by atoms with Gasteiger partial charge >= 0.3 is 6.09 Å². The SMILES string of the molecule is CC(C)Oc1cccc(CNC[C@@H](O)[C@H](Cc2cc(F)cc(F)c2)NC(=O)OC(C)(C)C)c1. The molecule has 0 aliphatic rings. The highest BCUT2D eigenvalue weighted by Crippen LogP contribution is 2.16. The van der Waals surface area contributed by atoms with Crippen molar-refractivity contribution < 1.29 is 28.2 Å². The number of rotatable bonds is 10. The monoisotopic (exact) mass is 464 g/mol. The second kappa shape index (κ2) is 12.0. The van der Waals surface area contributed by atoms with Gasteiger partial charge < -0.3 is 25.2 Å². The third kappa shape index (κ3) is 10.2. The van der Waals surface area contributed by atoms with Gasteiger partial charge in [-0.1, -0.05) is 12.1 Å². The summed E-state index contributed by atoms with van der Waals surface area (Å²) in [5.41, 5.74) is 0.543. The van der Waals surface area contributed by atoms with Crippen LogP contribution in [0.5, 0.6) is 5.75 Å². The molecule has 2 aromatic carbocycles. The second-order valence-corrected chi connectivity index (χ2v) is 9.25. The summed E-state index contributed by atoms with van der Waals surface area (Å²) in [6.45, 7) is 9.65. The zero-order valence-corrected chi connectivity index (χ0v) is 19.8. The van der Waals surface area contributed by atoms with E-state index < -0.39 is 35.5 Å². The summed E-state index contributed by atoms with van der Waals surface area (Å²) in [6, 6.07) is 9.89. The fourth-order valence-electron chi connectivity index (χ4n) is 3.23. The number of halogens is 2. The summed E-state index contributed by atoms with van der Waals surface area (Å²) < 4.78 is 38.2. The van der Waals surface area contributed by atoms with E-state index in [9.17, 15) is 18.7 Å². The number of ether oxygens (including phenoxy) is 2. The maximum absolute atomic E-state index is 13.6. The number of aliphatic hydroxyl groups is 1. The molecular formula is C25H34F2N2O4. The van der Waals surface area contributed by atoms with E-state index in [4.69, 9.17) is 9.47 Å². The summed E-state index contributed by atoms with van der Waals surface area (Å²) in [4.78, 5) is 12.3. The molecule has 0 aliphatic carbocycles. The van der Waals surface area contributed by atoms with Crippen molar-refractivity contribution in [3.8, 4) is 5.75 Å². The van der Waals surface area contributed by atoms with E-state index in [1.165, 1.54) is 12.1 Å². The average molecular weight is 465 g/mol. The van der Waals surface area contributed by atoms with Crippen LogP contribution in [0.3, 0.4) is 0 Å². The Bertz CT molecular complexity index is 895. The molecule has 8 heteroatoms. The van der Waals surface area contributed by atoms with Gasteiger partial charge in [-0.25, -0.2) is 13.6 Å². The molecule has 0 aromatic heterocycles. The fourth-order valence-corrected chi connectivity index (χ4v) is 3.23. The Balaban J connectivity index is 2.04. The molecule has 0 aliphatic heterocycles. The Labute approximate surface area is 194 Å². The number of alkyl carbamates (subject to hydrolysis) is 1. The molecule has 0 heterocycles. The molecule has 0 fully saturated rings. The average Bonchev–Trinajstić information content (AvgIpc) is 2.65. The van der Waals surface area contributed by atoms with Gasteiger partial charge in [0.05, 0.1) is 18.2 Å². The number of nitrogens with one attached hydrogen (secondary N) is 2. The predicted molar refractivity (Wildman–Crippen MR) is 123 cm³/mol. The molecule has 1 amide bonds. The molecule has 0 spiro atoms. The van der Waals surface area contributed by atoms with Crippen LogP contribution >= 0.6 is 0 Å². The quantitative estimate of drug-likeness (QED) is 0.488. The molecule has 0 bridgehead atoms. The van der Waals surface area contributed by atoms with Crippen LogP contribution in [0, 0.1) is 11.6 Å².